The SMILES string of the molecule is CC1=CC(C)[C]([Hf+2]2([C]3=C(C)C(C)=CC3C)[CH2][CH2]2)=C1C.[Cl-].[Cl-]. The van der Waals surface area contributed by atoms with Crippen molar-refractivity contribution in [2.75, 3.05) is 0 Å². The second-order valence-corrected chi connectivity index (χ2v) is 22.2. The largest absolute Gasteiger partial charge is 1.00 e. The van der Waals surface area contributed by atoms with Gasteiger partial charge < -0.3 is 24.8 Å². The molecule has 2 atom stereocenters. The van der Waals surface area contributed by atoms with E-state index in [1.165, 1.54) is 0 Å². The van der Waals surface area contributed by atoms with Crippen molar-refractivity contribution in [3.63, 3.8) is 0 Å². The Bertz CT molecular complexity index is 526. The molecule has 1 saturated heterocycles. The first-order valence-electron chi connectivity index (χ1n) is 7.68. The minimum atomic E-state index is -2.28. The average molecular weight is 492 g/mol. The fourth-order valence-corrected chi connectivity index (χ4v) is 31.3. The van der Waals surface area contributed by atoms with Crippen molar-refractivity contribution in [2.45, 2.75) is 49.9 Å². The number of rotatable bonds is 2. The third kappa shape index (κ3) is 2.83. The zero-order valence-corrected chi connectivity index (χ0v) is 19.1. The summed E-state index contributed by atoms with van der Waals surface area (Å²) < 4.78 is 7.08. The van der Waals surface area contributed by atoms with E-state index in [1.807, 2.05) is 6.66 Å². The van der Waals surface area contributed by atoms with Crippen LogP contribution < -0.4 is 24.8 Å². The van der Waals surface area contributed by atoms with Crippen LogP contribution in [0, 0.1) is 11.8 Å². The van der Waals surface area contributed by atoms with Gasteiger partial charge in [-0.25, -0.2) is 0 Å². The van der Waals surface area contributed by atoms with Crippen molar-refractivity contribution in [2.24, 2.45) is 11.8 Å². The molecule has 21 heavy (non-hydrogen) atoms. The number of hydrogen-bond donors (Lipinski definition) is 0. The summed E-state index contributed by atoms with van der Waals surface area (Å²) in [6.07, 6.45) is 5.03. The molecule has 0 aromatic rings. The van der Waals surface area contributed by atoms with Gasteiger partial charge in [-0.15, -0.1) is 0 Å². The normalized spacial score (nSPS) is 28.3. The van der Waals surface area contributed by atoms with Gasteiger partial charge >= 0.3 is 123 Å². The van der Waals surface area contributed by atoms with Crippen molar-refractivity contribution in [3.8, 4) is 0 Å². The first kappa shape index (κ1) is 19.5. The summed E-state index contributed by atoms with van der Waals surface area (Å²) in [4.78, 5) is 0. The predicted molar refractivity (Wildman–Crippen MR) is 80.9 cm³/mol. The molecule has 0 nitrogen and oxygen atoms in total. The van der Waals surface area contributed by atoms with Gasteiger partial charge in [-0.1, -0.05) is 0 Å². The molecule has 0 N–H and O–H groups in total. The summed E-state index contributed by atoms with van der Waals surface area (Å²) in [6, 6.07) is 0. The van der Waals surface area contributed by atoms with Crippen LogP contribution in [-0.2, 0) is 20.0 Å². The molecule has 1 aliphatic heterocycles. The molecule has 3 heteroatoms. The van der Waals surface area contributed by atoms with Gasteiger partial charge in [-0.2, -0.15) is 0 Å². The van der Waals surface area contributed by atoms with E-state index in [0.29, 0.717) is 0 Å². The van der Waals surface area contributed by atoms with E-state index >= 15 is 0 Å². The summed E-state index contributed by atoms with van der Waals surface area (Å²) in [5.74, 6) is 1.47. The van der Waals surface area contributed by atoms with E-state index in [4.69, 9.17) is 0 Å². The van der Waals surface area contributed by atoms with Crippen molar-refractivity contribution in [3.05, 3.63) is 41.1 Å². The Hall–Kier alpha value is 0.410. The molecule has 3 aliphatic rings. The van der Waals surface area contributed by atoms with E-state index in [0.717, 1.165) is 11.8 Å². The summed E-state index contributed by atoms with van der Waals surface area (Å²) >= 11 is -2.28. The third-order valence-corrected chi connectivity index (χ3v) is 24.4. The molecule has 0 saturated carbocycles. The van der Waals surface area contributed by atoms with Gasteiger partial charge in [-0.3, -0.25) is 0 Å². The number of allylic oxidation sites excluding steroid dienone is 8. The molecule has 0 aromatic heterocycles. The summed E-state index contributed by atoms with van der Waals surface area (Å²) in [7, 11) is 0. The minimum absolute atomic E-state index is 0. The van der Waals surface area contributed by atoms with Crippen LogP contribution in [0.3, 0.4) is 0 Å². The van der Waals surface area contributed by atoms with Crippen LogP contribution in [0.2, 0.25) is 8.35 Å². The van der Waals surface area contributed by atoms with Crippen molar-refractivity contribution >= 4 is 0 Å². The molecular formula is C18H26Cl2Hf. The van der Waals surface area contributed by atoms with Crippen LogP contribution in [0.4, 0.5) is 0 Å². The fourth-order valence-electron chi connectivity index (χ4n) is 4.67. The van der Waals surface area contributed by atoms with E-state index < -0.39 is 20.0 Å². The topological polar surface area (TPSA) is 0 Å². The smallest absolute Gasteiger partial charge is 1.00 e. The van der Waals surface area contributed by atoms with E-state index in [9.17, 15) is 0 Å². The van der Waals surface area contributed by atoms with Gasteiger partial charge in [0.05, 0.1) is 0 Å². The molecule has 116 valence electrons. The summed E-state index contributed by atoms with van der Waals surface area (Å²) in [6.45, 7) is 14.3. The molecule has 3 rings (SSSR count). The van der Waals surface area contributed by atoms with Crippen molar-refractivity contribution in [1.29, 1.82) is 0 Å². The van der Waals surface area contributed by atoms with E-state index in [2.05, 4.69) is 53.7 Å². The Labute approximate surface area is 147 Å². The van der Waals surface area contributed by atoms with Crippen LogP contribution >= 0.6 is 0 Å². The Kier molecular flexibility index (Phi) is 6.02. The first-order chi connectivity index (χ1) is 8.88. The first-order valence-corrected chi connectivity index (χ1v) is 16.4. The van der Waals surface area contributed by atoms with Gasteiger partial charge in [0.25, 0.3) is 0 Å². The number of halogens is 2. The van der Waals surface area contributed by atoms with Crippen LogP contribution in [0.5, 0.6) is 0 Å². The molecule has 0 aromatic carbocycles. The maximum absolute atomic E-state index is 2.51. The Morgan fingerprint density at radius 2 is 1.10 bits per heavy atom. The van der Waals surface area contributed by atoms with Crippen LogP contribution in [0.15, 0.2) is 41.1 Å². The Morgan fingerprint density at radius 3 is 1.29 bits per heavy atom. The van der Waals surface area contributed by atoms with Crippen LogP contribution in [0.25, 0.3) is 0 Å². The minimum Gasteiger partial charge on any atom is -1.00 e. The van der Waals surface area contributed by atoms with Crippen LogP contribution in [-0.4, -0.2) is 0 Å². The van der Waals surface area contributed by atoms with E-state index in [-0.39, 0.29) is 24.8 Å². The van der Waals surface area contributed by atoms with Crippen LogP contribution in [0.1, 0.15) is 41.5 Å². The monoisotopic (exact) mass is 492 g/mol. The van der Waals surface area contributed by atoms with Gasteiger partial charge in [0.2, 0.25) is 0 Å². The average Bonchev–Trinajstić information content (AvgIpc) is 2.98. The second kappa shape index (κ2) is 6.49. The van der Waals surface area contributed by atoms with Crippen molar-refractivity contribution in [1.82, 2.24) is 0 Å². The molecule has 0 spiro atoms. The van der Waals surface area contributed by atoms with Gasteiger partial charge in [0.15, 0.2) is 0 Å². The predicted octanol–water partition coefficient (Wildman–Crippen LogP) is -0.261. The molecule has 0 amide bonds. The fraction of sp³-hybridized carbons (Fsp3) is 0.556. The molecule has 0 bridgehead atoms. The molecule has 0 radical (unpaired) electrons. The van der Waals surface area contributed by atoms with Crippen molar-refractivity contribution < 1.29 is 44.8 Å². The van der Waals surface area contributed by atoms with Gasteiger partial charge in [-0.05, 0) is 0 Å². The quantitative estimate of drug-likeness (QED) is 0.467. The third-order valence-electron chi connectivity index (χ3n) is 5.68. The maximum atomic E-state index is 2.51. The standard InChI is InChI=1S/2C8H11.C2H4.2ClH.Hf/c2*1-6-4-7(2)8(3)5-6;1-2;;;/h2*4,6H,1-3H3;1-2H2;2*1H;/q;;;;;+2/p-2. The molecule has 2 aliphatic carbocycles. The Morgan fingerprint density at radius 1 is 0.762 bits per heavy atom. The van der Waals surface area contributed by atoms with E-state index in [1.54, 1.807) is 30.6 Å². The Balaban J connectivity index is 0.00000110. The maximum Gasteiger partial charge on any atom is -1.00 e. The molecule has 1 heterocycles. The zero-order valence-electron chi connectivity index (χ0n) is 14.0. The zero-order chi connectivity index (χ0) is 13.9. The van der Waals surface area contributed by atoms with Gasteiger partial charge in [0.1, 0.15) is 0 Å². The molecule has 2 unspecified atom stereocenters. The number of hydrogen-bond acceptors (Lipinski definition) is 0. The molecular weight excluding hydrogens is 466 g/mol. The second-order valence-electron chi connectivity index (χ2n) is 6.94. The summed E-state index contributed by atoms with van der Waals surface area (Å²) in [5, 5.41) is 0. The molecule has 1 fully saturated rings. The summed E-state index contributed by atoms with van der Waals surface area (Å²) in [5.41, 5.74) is 6.46. The van der Waals surface area contributed by atoms with Gasteiger partial charge in [0, 0.05) is 0 Å².